The van der Waals surface area contributed by atoms with Gasteiger partial charge in [0.1, 0.15) is 23.0 Å². The first-order valence-electron chi connectivity index (χ1n) is 25.4. The monoisotopic (exact) mass is 1060 g/mol. The van der Waals surface area contributed by atoms with Gasteiger partial charge in [-0.25, -0.2) is 13.6 Å². The quantitative estimate of drug-likeness (QED) is 0.0994. The minimum Gasteiger partial charge on any atom is -0.668 e. The topological polar surface area (TPSA) is 151 Å². The molecule has 18 heteroatoms. The molecule has 0 spiro atoms. The molecular weight excluding hydrogens is 986 g/mol. The predicted octanol–water partition coefficient (Wildman–Crippen LogP) is 9.84. The van der Waals surface area contributed by atoms with Gasteiger partial charge in [-0.2, -0.15) is 10.2 Å². The summed E-state index contributed by atoms with van der Waals surface area (Å²) in [7, 11) is 2.97. The molecular formula is C58H71F2LiN10O3Si2. The van der Waals surface area contributed by atoms with Gasteiger partial charge in [-0.05, 0) is 141 Å². The normalized spacial score (nSPS) is 13.4. The van der Waals surface area contributed by atoms with Crippen molar-refractivity contribution in [1.82, 2.24) is 39.3 Å². The molecule has 0 bridgehead atoms. The van der Waals surface area contributed by atoms with Crippen molar-refractivity contribution in [2.75, 3.05) is 25.9 Å². The molecule has 0 fully saturated rings. The van der Waals surface area contributed by atoms with E-state index in [0.717, 1.165) is 84.4 Å². The van der Waals surface area contributed by atoms with Gasteiger partial charge in [0.05, 0.1) is 36.6 Å². The predicted molar refractivity (Wildman–Crippen MR) is 303 cm³/mol. The van der Waals surface area contributed by atoms with Gasteiger partial charge in [0.2, 0.25) is 5.91 Å². The van der Waals surface area contributed by atoms with E-state index in [1.54, 1.807) is 35.4 Å². The smallest absolute Gasteiger partial charge is 0.668 e. The van der Waals surface area contributed by atoms with Crippen molar-refractivity contribution in [3.63, 3.8) is 0 Å². The Labute approximate surface area is 460 Å². The number of aryl methyl sites for hydroxylation is 4. The van der Waals surface area contributed by atoms with Crippen molar-refractivity contribution in [1.29, 1.82) is 0 Å². The number of aromatic nitrogens is 6. The van der Waals surface area contributed by atoms with E-state index in [9.17, 15) is 18.4 Å². The summed E-state index contributed by atoms with van der Waals surface area (Å²) >= 11 is 0. The number of nitrogens with zero attached hydrogens (tertiary/aromatic N) is 9. The maximum absolute atomic E-state index is 13.4. The molecule has 1 aliphatic heterocycles. The van der Waals surface area contributed by atoms with Crippen LogP contribution in [0.25, 0.3) is 49.0 Å². The second-order valence-electron chi connectivity index (χ2n) is 21.4. The summed E-state index contributed by atoms with van der Waals surface area (Å²) in [5.74, 6) is -0.499. The molecule has 8 aromatic rings. The summed E-state index contributed by atoms with van der Waals surface area (Å²) in [6, 6.07) is 28.4. The number of halogens is 2. The third kappa shape index (κ3) is 14.5. The Morgan fingerprint density at radius 3 is 1.72 bits per heavy atom. The van der Waals surface area contributed by atoms with Crippen molar-refractivity contribution < 1.29 is 42.0 Å². The van der Waals surface area contributed by atoms with Crippen LogP contribution in [0.3, 0.4) is 0 Å². The first kappa shape index (κ1) is 58.8. The van der Waals surface area contributed by atoms with Gasteiger partial charge in [-0.3, -0.25) is 24.1 Å². The van der Waals surface area contributed by atoms with Crippen molar-refractivity contribution in [2.24, 2.45) is 14.1 Å². The number of anilines is 1. The molecule has 2 atom stereocenters. The van der Waals surface area contributed by atoms with Crippen LogP contribution in [0.4, 0.5) is 19.3 Å². The Morgan fingerprint density at radius 2 is 1.24 bits per heavy atom. The fourth-order valence-electron chi connectivity index (χ4n) is 9.87. The standard InChI is InChI=1S/C26H28FN5O2.C26H25FN4O.C6H18NSi2.Li/c1-16-13-20(9-11-29-16)25-22-14-19(23(28)15-24(22)31(3)30-25)10-12-32(26(33)34-4)17(2)18-5-7-21(27)8-6-18;1-16-12-20(8-10-28-16)26-23-13-19-9-11-31(17(2)18-4-6-22(27)7-5-18)25(32)15-21(19)14-24(23)30(3)29-26;1-8(2,3)7-9(4,5)6;/h5-9,11,13-15,17H,10,12,28H2,1-4H3;4-8,10,12-14,17H,9,11,15H2,1-3H3;1-6H3;/q;;-1;+1/t2*17-;;/m11../s1. The van der Waals surface area contributed by atoms with Crippen LogP contribution in [0.5, 0.6) is 0 Å². The number of benzene rings is 4. The number of methoxy groups -OCH3 is 1. The first-order valence-corrected chi connectivity index (χ1v) is 32.3. The number of rotatable bonds is 11. The molecule has 0 saturated carbocycles. The number of hydrogen-bond donors (Lipinski definition) is 1. The number of ether oxygens (including phenoxy) is 1. The third-order valence-corrected chi connectivity index (χ3v) is 18.6. The van der Waals surface area contributed by atoms with Crippen molar-refractivity contribution >= 4 is 56.0 Å². The van der Waals surface area contributed by atoms with E-state index in [-0.39, 0.29) is 48.5 Å². The van der Waals surface area contributed by atoms with Crippen LogP contribution in [0, 0.1) is 25.5 Å². The largest absolute Gasteiger partial charge is 1.00 e. The average Bonchev–Trinajstić information content (AvgIpc) is 3.78. The van der Waals surface area contributed by atoms with Gasteiger partial charge >= 0.3 is 25.0 Å². The van der Waals surface area contributed by atoms with Crippen LogP contribution in [0.15, 0.2) is 109 Å². The second kappa shape index (κ2) is 24.7. The molecule has 2 N–H and O–H groups in total. The number of amides is 2. The number of carbonyl (C=O) groups excluding carboxylic acids is 2. The Bertz CT molecular complexity index is 3310. The molecule has 0 aliphatic carbocycles. The number of carbonyl (C=O) groups is 2. The third-order valence-electron chi connectivity index (χ3n) is 13.2. The Balaban J connectivity index is 0.000000210. The van der Waals surface area contributed by atoms with Gasteiger partial charge in [-0.1, -0.05) is 80.0 Å². The summed E-state index contributed by atoms with van der Waals surface area (Å²) in [6.45, 7) is 22.6. The number of pyridine rings is 2. The first-order chi connectivity index (χ1) is 35.4. The summed E-state index contributed by atoms with van der Waals surface area (Å²) < 4.78 is 40.2. The second-order valence-corrected chi connectivity index (χ2v) is 30.9. The molecule has 0 saturated heterocycles. The van der Waals surface area contributed by atoms with E-state index < -0.39 is 22.6 Å². The molecule has 1 aliphatic rings. The molecule has 9 rings (SSSR count). The zero-order valence-corrected chi connectivity index (χ0v) is 48.7. The zero-order valence-electron chi connectivity index (χ0n) is 46.7. The van der Waals surface area contributed by atoms with E-state index in [1.807, 2.05) is 98.6 Å². The van der Waals surface area contributed by atoms with Gasteiger partial charge in [0.15, 0.2) is 0 Å². The van der Waals surface area contributed by atoms with Crippen LogP contribution in [-0.2, 0) is 42.9 Å². The van der Waals surface area contributed by atoms with E-state index in [0.29, 0.717) is 31.6 Å². The molecule has 0 unspecified atom stereocenters. The number of fused-ring (bicyclic) bond motifs is 3. The fourth-order valence-corrected chi connectivity index (χ4v) is 17.9. The molecule has 4 aromatic heterocycles. The van der Waals surface area contributed by atoms with E-state index in [1.165, 1.54) is 36.9 Å². The Hall–Kier alpha value is -6.49. The molecule has 0 radical (unpaired) electrons. The van der Waals surface area contributed by atoms with Crippen molar-refractivity contribution in [3.05, 3.63) is 165 Å². The molecule has 5 heterocycles. The zero-order chi connectivity index (χ0) is 54.5. The minimum atomic E-state index is -1.11. The molecule has 76 heavy (non-hydrogen) atoms. The van der Waals surface area contributed by atoms with Gasteiger partial charge < -0.3 is 24.9 Å². The number of nitrogens with two attached hydrogens (primary N) is 1. The van der Waals surface area contributed by atoms with Crippen LogP contribution in [0.2, 0.25) is 39.3 Å². The summed E-state index contributed by atoms with van der Waals surface area (Å²) in [5, 5.41) is 11.5. The maximum atomic E-state index is 13.4. The van der Waals surface area contributed by atoms with Crippen molar-refractivity contribution in [2.45, 2.75) is 98.3 Å². The van der Waals surface area contributed by atoms with E-state index >= 15 is 0 Å². The summed E-state index contributed by atoms with van der Waals surface area (Å²) in [4.78, 5) is 37.8. The van der Waals surface area contributed by atoms with Crippen LogP contribution in [-0.4, -0.2) is 88.0 Å². The van der Waals surface area contributed by atoms with Crippen LogP contribution < -0.4 is 24.6 Å². The van der Waals surface area contributed by atoms with Crippen molar-refractivity contribution in [3.8, 4) is 22.5 Å². The maximum Gasteiger partial charge on any atom is 1.00 e. The van der Waals surface area contributed by atoms with Crippen LogP contribution >= 0.6 is 0 Å². The van der Waals surface area contributed by atoms with Gasteiger partial charge in [0.25, 0.3) is 0 Å². The molecule has 13 nitrogen and oxygen atoms in total. The number of nitrogen functional groups attached to an aromatic ring is 1. The molecule has 2 amide bonds. The molecule has 4 aromatic carbocycles. The minimum absolute atomic E-state index is 0. The average molecular weight is 1060 g/mol. The summed E-state index contributed by atoms with van der Waals surface area (Å²) in [6.07, 6.45) is 4.77. The molecule has 394 valence electrons. The van der Waals surface area contributed by atoms with Gasteiger partial charge in [-0.15, -0.1) is 0 Å². The Morgan fingerprint density at radius 1 is 0.737 bits per heavy atom. The van der Waals surface area contributed by atoms with E-state index in [4.69, 9.17) is 25.3 Å². The SMILES string of the molecule is COC(=O)N(CCc1cc2c(-c3ccnc(C)c3)nn(C)c2cc1N)[C@H](C)c1ccc(F)cc1.C[Si](C)(C)[N-][Si](C)(C)C.Cc1cc(-c2nn(C)c3cc4c(cc23)CCN([C@H](C)c2ccc(F)cc2)C(=O)C4)ccn1.[Li+]. The van der Waals surface area contributed by atoms with E-state index in [2.05, 4.69) is 61.4 Å². The summed E-state index contributed by atoms with van der Waals surface area (Å²) in [5.41, 5.74) is 19.5. The van der Waals surface area contributed by atoms with Crippen LogP contribution in [0.1, 0.15) is 65.1 Å². The fraction of sp³-hybridized carbons (Fsp3) is 0.345. The number of hydrogen-bond acceptors (Lipinski definition) is 8. The Kier molecular flexibility index (Phi) is 19.1. The van der Waals surface area contributed by atoms with Gasteiger partial charge in [0, 0.05) is 78.6 Å².